The molecule has 1 fully saturated rings. The lowest BCUT2D eigenvalue weighted by Gasteiger charge is -2.25. The largest absolute Gasteiger partial charge is 0.382 e. The Labute approximate surface area is 176 Å². The van der Waals surface area contributed by atoms with Gasteiger partial charge in [0, 0.05) is 25.9 Å². The molecular weight excluding hydrogens is 378 g/mol. The van der Waals surface area contributed by atoms with Gasteiger partial charge in [-0.05, 0) is 30.9 Å². The molecule has 0 spiro atoms. The van der Waals surface area contributed by atoms with Gasteiger partial charge < -0.3 is 15.1 Å². The molecule has 156 valence electrons. The molecule has 0 aliphatic carbocycles. The molecule has 1 N–H and O–H groups in total. The molecule has 0 radical (unpaired) electrons. The van der Waals surface area contributed by atoms with Crippen LogP contribution < -0.4 is 5.32 Å². The first-order valence-corrected chi connectivity index (χ1v) is 10.5. The summed E-state index contributed by atoms with van der Waals surface area (Å²) in [4.78, 5) is 33.2. The highest BCUT2D eigenvalue weighted by Gasteiger charge is 2.34. The molecule has 1 saturated heterocycles. The number of likely N-dealkylation sites (tertiary alicyclic amines) is 1. The van der Waals surface area contributed by atoms with Gasteiger partial charge in [0.15, 0.2) is 0 Å². The lowest BCUT2D eigenvalue weighted by atomic mass is 10.0. The molecule has 2 aliphatic rings. The minimum absolute atomic E-state index is 0.0256. The summed E-state index contributed by atoms with van der Waals surface area (Å²) >= 11 is 0. The number of oxime groups is 1. The fourth-order valence-corrected chi connectivity index (χ4v) is 3.91. The topological polar surface area (TPSA) is 71.0 Å². The average Bonchev–Trinajstić information content (AvgIpc) is 3.46. The highest BCUT2D eigenvalue weighted by atomic mass is 16.6. The Morgan fingerprint density at radius 2 is 1.80 bits per heavy atom. The lowest BCUT2D eigenvalue weighted by Crippen LogP contribution is -2.51. The first kappa shape index (κ1) is 20.1. The third-order valence-corrected chi connectivity index (χ3v) is 5.66. The monoisotopic (exact) mass is 405 g/mol. The van der Waals surface area contributed by atoms with Gasteiger partial charge in [-0.2, -0.15) is 0 Å². The zero-order valence-corrected chi connectivity index (χ0v) is 17.2. The van der Waals surface area contributed by atoms with E-state index in [0.29, 0.717) is 12.8 Å². The van der Waals surface area contributed by atoms with Crippen molar-refractivity contribution in [1.82, 2.24) is 10.2 Å². The summed E-state index contributed by atoms with van der Waals surface area (Å²) in [7, 11) is 0. The van der Waals surface area contributed by atoms with Gasteiger partial charge in [0.2, 0.25) is 12.0 Å². The van der Waals surface area contributed by atoms with Crippen molar-refractivity contribution in [3.05, 3.63) is 71.3 Å². The van der Waals surface area contributed by atoms with E-state index in [0.717, 1.165) is 48.3 Å². The summed E-state index contributed by atoms with van der Waals surface area (Å²) in [5.74, 6) is -0.322. The second-order valence-corrected chi connectivity index (χ2v) is 7.99. The molecule has 6 heteroatoms. The van der Waals surface area contributed by atoms with Crippen LogP contribution in [0.3, 0.4) is 0 Å². The number of hydrogen-bond donors (Lipinski definition) is 1. The maximum absolute atomic E-state index is 13.1. The van der Waals surface area contributed by atoms with Gasteiger partial charge in [0.25, 0.3) is 5.91 Å². The number of benzene rings is 2. The first-order chi connectivity index (χ1) is 14.6. The first-order valence-electron chi connectivity index (χ1n) is 10.5. The highest BCUT2D eigenvalue weighted by molar-refractivity contribution is 6.04. The summed E-state index contributed by atoms with van der Waals surface area (Å²) < 4.78 is 0. The zero-order valence-electron chi connectivity index (χ0n) is 17.2. The molecule has 30 heavy (non-hydrogen) atoms. The average molecular weight is 405 g/mol. The molecule has 2 aromatic rings. The Morgan fingerprint density at radius 3 is 2.50 bits per heavy atom. The van der Waals surface area contributed by atoms with Crippen LogP contribution >= 0.6 is 0 Å². The second-order valence-electron chi connectivity index (χ2n) is 7.99. The molecule has 6 nitrogen and oxygen atoms in total. The predicted molar refractivity (Wildman–Crippen MR) is 115 cm³/mol. The molecule has 2 heterocycles. The fraction of sp³-hybridized carbons (Fsp3) is 0.375. The van der Waals surface area contributed by atoms with Crippen LogP contribution in [0.25, 0.3) is 0 Å². The van der Waals surface area contributed by atoms with E-state index in [1.165, 1.54) is 0 Å². The van der Waals surface area contributed by atoms with Gasteiger partial charge in [-0.3, -0.25) is 9.59 Å². The van der Waals surface area contributed by atoms with Crippen LogP contribution in [0.1, 0.15) is 36.0 Å². The third-order valence-electron chi connectivity index (χ3n) is 5.66. The van der Waals surface area contributed by atoms with E-state index < -0.39 is 12.1 Å². The molecule has 4 rings (SSSR count). The Hall–Kier alpha value is -3.15. The predicted octanol–water partition coefficient (Wildman–Crippen LogP) is 2.84. The molecule has 0 bridgehead atoms. The van der Waals surface area contributed by atoms with Gasteiger partial charge in [-0.25, -0.2) is 0 Å². The third kappa shape index (κ3) is 4.70. The van der Waals surface area contributed by atoms with Crippen LogP contribution in [0.4, 0.5) is 0 Å². The fourth-order valence-electron chi connectivity index (χ4n) is 3.91. The van der Waals surface area contributed by atoms with Crippen LogP contribution in [0.15, 0.2) is 59.8 Å². The van der Waals surface area contributed by atoms with Gasteiger partial charge >= 0.3 is 0 Å². The molecule has 2 aromatic carbocycles. The van der Waals surface area contributed by atoms with Crippen molar-refractivity contribution in [1.29, 1.82) is 0 Å². The Kier molecular flexibility index (Phi) is 6.12. The van der Waals surface area contributed by atoms with Crippen LogP contribution in [0.2, 0.25) is 0 Å². The molecule has 2 atom stereocenters. The van der Waals surface area contributed by atoms with Crippen molar-refractivity contribution < 1.29 is 14.4 Å². The highest BCUT2D eigenvalue weighted by Crippen LogP contribution is 2.18. The summed E-state index contributed by atoms with van der Waals surface area (Å²) in [5.41, 5.74) is 3.88. The van der Waals surface area contributed by atoms with Crippen molar-refractivity contribution in [2.45, 2.75) is 44.8 Å². The van der Waals surface area contributed by atoms with E-state index in [1.54, 1.807) is 0 Å². The second kappa shape index (κ2) is 9.11. The van der Waals surface area contributed by atoms with Gasteiger partial charge in [-0.15, -0.1) is 0 Å². The summed E-state index contributed by atoms with van der Waals surface area (Å²) in [6, 6.07) is 17.1. The summed E-state index contributed by atoms with van der Waals surface area (Å²) in [5, 5.41) is 7.05. The van der Waals surface area contributed by atoms with Crippen molar-refractivity contribution in [3.8, 4) is 0 Å². The van der Waals surface area contributed by atoms with Gasteiger partial charge in [-0.1, -0.05) is 65.3 Å². The van der Waals surface area contributed by atoms with E-state index >= 15 is 0 Å². The van der Waals surface area contributed by atoms with Crippen LogP contribution in [-0.2, 0) is 20.8 Å². The summed E-state index contributed by atoms with van der Waals surface area (Å²) in [6.45, 7) is 3.53. The number of amides is 2. The minimum Gasteiger partial charge on any atom is -0.382 e. The van der Waals surface area contributed by atoms with Gasteiger partial charge in [0.05, 0.1) is 5.71 Å². The van der Waals surface area contributed by atoms with Crippen molar-refractivity contribution >= 4 is 17.5 Å². The minimum atomic E-state index is -0.717. The van der Waals surface area contributed by atoms with E-state index in [9.17, 15) is 9.59 Å². The van der Waals surface area contributed by atoms with Gasteiger partial charge in [0.1, 0.15) is 6.04 Å². The Balaban J connectivity index is 1.42. The maximum atomic E-state index is 13.1. The quantitative estimate of drug-likeness (QED) is 0.803. The van der Waals surface area contributed by atoms with E-state index in [1.807, 2.05) is 66.4 Å². The van der Waals surface area contributed by atoms with Crippen LogP contribution in [0.5, 0.6) is 0 Å². The summed E-state index contributed by atoms with van der Waals surface area (Å²) in [6.07, 6.45) is 2.16. The lowest BCUT2D eigenvalue weighted by molar-refractivity contribution is -0.139. The number of carbonyl (C=O) groups is 2. The Bertz CT molecular complexity index is 918. The van der Waals surface area contributed by atoms with Crippen LogP contribution in [0, 0.1) is 6.92 Å². The number of carbonyl (C=O) groups excluding carboxylic acids is 2. The number of rotatable bonds is 6. The zero-order chi connectivity index (χ0) is 20.9. The standard InChI is InChI=1S/C24H27N3O3/c1-17-9-11-19(12-10-17)20-16-22(30-26-20)23(28)25-21(15-18-7-3-2-4-8-18)24(29)27-13-5-6-14-27/h2-4,7-12,21-22H,5-6,13-16H2,1H3,(H,25,28). The maximum Gasteiger partial charge on any atom is 0.265 e. The number of hydrogen-bond acceptors (Lipinski definition) is 4. The van der Waals surface area contributed by atoms with Crippen LogP contribution in [-0.4, -0.2) is 47.7 Å². The van der Waals surface area contributed by atoms with E-state index in [-0.39, 0.29) is 11.8 Å². The number of aryl methyl sites for hydroxylation is 1. The normalized spacial score (nSPS) is 19.2. The molecule has 2 unspecified atom stereocenters. The van der Waals surface area contributed by atoms with E-state index in [2.05, 4.69) is 10.5 Å². The smallest absolute Gasteiger partial charge is 0.265 e. The Morgan fingerprint density at radius 1 is 1.10 bits per heavy atom. The van der Waals surface area contributed by atoms with E-state index in [4.69, 9.17) is 4.84 Å². The van der Waals surface area contributed by atoms with Crippen molar-refractivity contribution in [3.63, 3.8) is 0 Å². The molecular formula is C24H27N3O3. The molecule has 0 saturated carbocycles. The van der Waals surface area contributed by atoms with Crippen molar-refractivity contribution in [2.75, 3.05) is 13.1 Å². The SMILES string of the molecule is Cc1ccc(C2=NOC(C(=O)NC(Cc3ccccc3)C(=O)N3CCCC3)C2)cc1. The number of nitrogens with one attached hydrogen (secondary N) is 1. The number of nitrogens with zero attached hydrogens (tertiary/aromatic N) is 2. The van der Waals surface area contributed by atoms with Crippen molar-refractivity contribution in [2.24, 2.45) is 5.16 Å². The molecule has 0 aromatic heterocycles. The molecule has 2 amide bonds. The molecule has 2 aliphatic heterocycles.